The lowest BCUT2D eigenvalue weighted by molar-refractivity contribution is 0.0713. The van der Waals surface area contributed by atoms with Gasteiger partial charge in [-0.15, -0.1) is 0 Å². The predicted molar refractivity (Wildman–Crippen MR) is 119 cm³/mol. The molecule has 0 aromatic heterocycles. The third-order valence-electron chi connectivity index (χ3n) is 5.55. The van der Waals surface area contributed by atoms with E-state index in [1.807, 2.05) is 38.1 Å². The van der Waals surface area contributed by atoms with E-state index in [1.54, 1.807) is 19.2 Å². The molecule has 1 aliphatic carbocycles. The van der Waals surface area contributed by atoms with Crippen LogP contribution in [0.4, 0.5) is 0 Å². The van der Waals surface area contributed by atoms with Gasteiger partial charge in [0.2, 0.25) is 0 Å². The van der Waals surface area contributed by atoms with E-state index in [2.05, 4.69) is 27.9 Å². The van der Waals surface area contributed by atoms with Crippen LogP contribution in [0.15, 0.2) is 36.4 Å². The number of benzene rings is 2. The van der Waals surface area contributed by atoms with Crippen LogP contribution in [-0.4, -0.2) is 24.3 Å². The zero-order valence-electron chi connectivity index (χ0n) is 16.6. The molecule has 1 saturated carbocycles. The average molecular weight is 491 g/mol. The summed E-state index contributed by atoms with van der Waals surface area (Å²) in [4.78, 5) is 26.7. The normalized spacial score (nSPS) is 15.7. The Morgan fingerprint density at radius 2 is 1.79 bits per heavy atom. The molecule has 0 heterocycles. The maximum atomic E-state index is 13.6. The fourth-order valence-electron chi connectivity index (χ4n) is 4.07. The number of methoxy groups -OCH3 is 1. The number of hydrogen-bond acceptors (Lipinski definition) is 3. The molecule has 1 aliphatic rings. The summed E-state index contributed by atoms with van der Waals surface area (Å²) in [5.74, 6) is 0.474. The van der Waals surface area contributed by atoms with Crippen molar-refractivity contribution in [2.45, 2.75) is 51.5 Å². The highest BCUT2D eigenvalue weighted by molar-refractivity contribution is 14.1. The summed E-state index contributed by atoms with van der Waals surface area (Å²) in [7, 11) is 1.59. The zero-order valence-corrected chi connectivity index (χ0v) is 18.8. The van der Waals surface area contributed by atoms with Crippen LogP contribution in [0.2, 0.25) is 0 Å². The van der Waals surface area contributed by atoms with Crippen LogP contribution < -0.4 is 10.1 Å². The van der Waals surface area contributed by atoms with Crippen molar-refractivity contribution >= 4 is 34.3 Å². The van der Waals surface area contributed by atoms with Crippen molar-refractivity contribution in [3.05, 3.63) is 62.2 Å². The van der Waals surface area contributed by atoms with Crippen LogP contribution in [0, 0.1) is 17.4 Å². The molecule has 1 amide bonds. The van der Waals surface area contributed by atoms with Crippen LogP contribution in [0.25, 0.3) is 0 Å². The number of aryl methyl sites for hydroxylation is 1. The second kappa shape index (κ2) is 8.64. The van der Waals surface area contributed by atoms with Crippen molar-refractivity contribution in [1.29, 1.82) is 0 Å². The van der Waals surface area contributed by atoms with Gasteiger partial charge in [0.15, 0.2) is 5.78 Å². The monoisotopic (exact) mass is 491 g/mol. The van der Waals surface area contributed by atoms with E-state index >= 15 is 0 Å². The van der Waals surface area contributed by atoms with E-state index in [9.17, 15) is 9.59 Å². The minimum Gasteiger partial charge on any atom is -0.496 e. The molecule has 0 bridgehead atoms. The van der Waals surface area contributed by atoms with Gasteiger partial charge in [-0.1, -0.05) is 25.3 Å². The Hall–Kier alpha value is -1.89. The summed E-state index contributed by atoms with van der Waals surface area (Å²) in [6.07, 6.45) is 4.31. The molecule has 1 N–H and O–H groups in total. The van der Waals surface area contributed by atoms with Gasteiger partial charge >= 0.3 is 0 Å². The molecular formula is C23H26INO3. The summed E-state index contributed by atoms with van der Waals surface area (Å²) in [5, 5.41) is 3.13. The van der Waals surface area contributed by atoms with Crippen molar-refractivity contribution in [2.75, 3.05) is 7.11 Å². The third-order valence-corrected chi connectivity index (χ3v) is 6.17. The highest BCUT2D eigenvalue weighted by Gasteiger charge is 2.41. The standard InChI is InChI=1S/C23H26INO3/c1-15-12-17(14-18(24)13-15)21(26)23(10-5-4-6-11-23)25-22(27)19-8-7-9-20(28-3)16(19)2/h7-9,12-14H,4-6,10-11H2,1-3H3,(H,25,27). The number of halogens is 1. The molecule has 0 spiro atoms. The minimum absolute atomic E-state index is 0.0164. The maximum Gasteiger partial charge on any atom is 0.252 e. The van der Waals surface area contributed by atoms with E-state index in [4.69, 9.17) is 4.74 Å². The fraction of sp³-hybridized carbons (Fsp3) is 0.391. The quantitative estimate of drug-likeness (QED) is 0.460. The molecule has 0 radical (unpaired) electrons. The highest BCUT2D eigenvalue weighted by Crippen LogP contribution is 2.33. The van der Waals surface area contributed by atoms with Crippen molar-refractivity contribution in [3.63, 3.8) is 0 Å². The second-order valence-corrected chi connectivity index (χ2v) is 8.82. The van der Waals surface area contributed by atoms with E-state index in [-0.39, 0.29) is 11.7 Å². The SMILES string of the molecule is COc1cccc(C(=O)NC2(C(=O)c3cc(C)cc(I)c3)CCCCC2)c1C. The molecule has 3 rings (SSSR count). The second-order valence-electron chi connectivity index (χ2n) is 7.58. The Bertz CT molecular complexity index is 880. The summed E-state index contributed by atoms with van der Waals surface area (Å²) in [5.41, 5.74) is 2.22. The molecule has 2 aromatic carbocycles. The van der Waals surface area contributed by atoms with Crippen LogP contribution in [0.1, 0.15) is 63.9 Å². The predicted octanol–water partition coefficient (Wildman–Crippen LogP) is 5.23. The maximum absolute atomic E-state index is 13.6. The van der Waals surface area contributed by atoms with E-state index in [1.165, 1.54) is 0 Å². The lowest BCUT2D eigenvalue weighted by atomic mass is 9.76. The van der Waals surface area contributed by atoms with Gasteiger partial charge in [-0.05, 0) is 85.2 Å². The Morgan fingerprint density at radius 1 is 1.07 bits per heavy atom. The van der Waals surface area contributed by atoms with E-state index in [0.717, 1.165) is 34.0 Å². The molecular weight excluding hydrogens is 465 g/mol. The van der Waals surface area contributed by atoms with Gasteiger partial charge in [0.1, 0.15) is 11.3 Å². The van der Waals surface area contributed by atoms with Gasteiger partial charge in [0.25, 0.3) is 5.91 Å². The van der Waals surface area contributed by atoms with Gasteiger partial charge < -0.3 is 10.1 Å². The van der Waals surface area contributed by atoms with Crippen LogP contribution in [-0.2, 0) is 0 Å². The van der Waals surface area contributed by atoms with Gasteiger partial charge in [-0.3, -0.25) is 9.59 Å². The number of ketones is 1. The Kier molecular flexibility index (Phi) is 6.43. The summed E-state index contributed by atoms with van der Waals surface area (Å²) in [6.45, 7) is 3.86. The number of Topliss-reactive ketones (excluding diaryl/α,β-unsaturated/α-hetero) is 1. The number of hydrogen-bond donors (Lipinski definition) is 1. The molecule has 0 unspecified atom stereocenters. The largest absolute Gasteiger partial charge is 0.496 e. The van der Waals surface area contributed by atoms with E-state index < -0.39 is 5.54 Å². The van der Waals surface area contributed by atoms with Crippen molar-refractivity contribution in [2.24, 2.45) is 0 Å². The summed E-state index contributed by atoms with van der Waals surface area (Å²) < 4.78 is 6.38. The van der Waals surface area contributed by atoms with Crippen molar-refractivity contribution < 1.29 is 14.3 Å². The Labute approximate surface area is 180 Å². The average Bonchev–Trinajstić information content (AvgIpc) is 2.67. The molecule has 28 heavy (non-hydrogen) atoms. The number of carbonyl (C=O) groups excluding carboxylic acids is 2. The first-order valence-corrected chi connectivity index (χ1v) is 10.7. The van der Waals surface area contributed by atoms with E-state index in [0.29, 0.717) is 29.7 Å². The molecule has 2 aromatic rings. The van der Waals surface area contributed by atoms with Crippen molar-refractivity contribution in [3.8, 4) is 5.75 Å². The van der Waals surface area contributed by atoms with Gasteiger partial charge in [0.05, 0.1) is 7.11 Å². The van der Waals surface area contributed by atoms with Crippen LogP contribution >= 0.6 is 22.6 Å². The number of carbonyl (C=O) groups is 2. The molecule has 4 nitrogen and oxygen atoms in total. The Balaban J connectivity index is 1.96. The van der Waals surface area contributed by atoms with Crippen LogP contribution in [0.3, 0.4) is 0 Å². The van der Waals surface area contributed by atoms with Gasteiger partial charge in [-0.25, -0.2) is 0 Å². The van der Waals surface area contributed by atoms with Crippen molar-refractivity contribution in [1.82, 2.24) is 5.32 Å². The van der Waals surface area contributed by atoms with Crippen LogP contribution in [0.5, 0.6) is 5.75 Å². The molecule has 0 aliphatic heterocycles. The topological polar surface area (TPSA) is 55.4 Å². The summed E-state index contributed by atoms with van der Waals surface area (Å²) in [6, 6.07) is 11.3. The number of ether oxygens (including phenoxy) is 1. The molecule has 148 valence electrons. The minimum atomic E-state index is -0.846. The first-order chi connectivity index (χ1) is 13.4. The lowest BCUT2D eigenvalue weighted by Gasteiger charge is -2.37. The molecule has 1 fully saturated rings. The first-order valence-electron chi connectivity index (χ1n) is 9.64. The zero-order chi connectivity index (χ0) is 20.3. The number of nitrogens with one attached hydrogen (secondary N) is 1. The molecule has 0 atom stereocenters. The summed E-state index contributed by atoms with van der Waals surface area (Å²) >= 11 is 2.23. The Morgan fingerprint density at radius 3 is 2.43 bits per heavy atom. The molecule has 5 heteroatoms. The first kappa shape index (κ1) is 20.8. The smallest absolute Gasteiger partial charge is 0.252 e. The molecule has 0 saturated heterocycles. The fourth-order valence-corrected chi connectivity index (χ4v) is 4.90. The third kappa shape index (κ3) is 4.24. The highest BCUT2D eigenvalue weighted by atomic mass is 127. The van der Waals surface area contributed by atoms with Gasteiger partial charge in [-0.2, -0.15) is 0 Å². The van der Waals surface area contributed by atoms with Gasteiger partial charge in [0, 0.05) is 20.3 Å². The lowest BCUT2D eigenvalue weighted by Crippen LogP contribution is -2.55. The number of amides is 1. The number of rotatable bonds is 5.